The molecule has 0 heterocycles. The van der Waals surface area contributed by atoms with E-state index in [4.69, 9.17) is 36.3 Å². The van der Waals surface area contributed by atoms with Crippen molar-refractivity contribution in [2.45, 2.75) is 69.4 Å². The van der Waals surface area contributed by atoms with Gasteiger partial charge in [-0.05, 0) is 62.6 Å². The zero-order valence-electron chi connectivity index (χ0n) is 33.1. The Kier molecular flexibility index (Phi) is 23.4. The van der Waals surface area contributed by atoms with Gasteiger partial charge in [-0.1, -0.05) is 24.6 Å². The summed E-state index contributed by atoms with van der Waals surface area (Å²) < 4.78 is 10.3. The van der Waals surface area contributed by atoms with Crippen LogP contribution in [-0.4, -0.2) is 159 Å². The van der Waals surface area contributed by atoms with Crippen molar-refractivity contribution in [1.82, 2.24) is 20.4 Å². The molecule has 0 aliphatic heterocycles. The number of carboxylic acids is 6. The number of hydrogen-bond acceptors (Lipinski definition) is 13. The van der Waals surface area contributed by atoms with Crippen LogP contribution in [0.25, 0.3) is 0 Å². The van der Waals surface area contributed by atoms with Crippen molar-refractivity contribution in [1.29, 1.82) is 0 Å². The first-order chi connectivity index (χ1) is 28.3. The van der Waals surface area contributed by atoms with Gasteiger partial charge in [-0.2, -0.15) is 0 Å². The maximum atomic E-state index is 13.9. The first kappa shape index (κ1) is 51.5. The zero-order chi connectivity index (χ0) is 45.4. The fourth-order valence-corrected chi connectivity index (χ4v) is 6.32. The van der Waals surface area contributed by atoms with Gasteiger partial charge in [0.15, 0.2) is 0 Å². The number of terminal acetylenes is 1. The number of aliphatic carboxylic acids is 6. The summed E-state index contributed by atoms with van der Waals surface area (Å²) >= 11 is 0. The Hall–Kier alpha value is -6.53. The molecule has 2 amide bonds. The number of amides is 2. The van der Waals surface area contributed by atoms with Gasteiger partial charge in [0.25, 0.3) is 0 Å². The van der Waals surface area contributed by atoms with Crippen LogP contribution in [-0.2, 0) is 47.9 Å². The highest BCUT2D eigenvalue weighted by Gasteiger charge is 2.35. The number of carboxylic acid groups (broad SMARTS) is 6. The van der Waals surface area contributed by atoms with Gasteiger partial charge in [0, 0.05) is 36.9 Å². The van der Waals surface area contributed by atoms with Crippen LogP contribution >= 0.6 is 0 Å². The van der Waals surface area contributed by atoms with Crippen LogP contribution in [0.15, 0.2) is 36.4 Å². The van der Waals surface area contributed by atoms with E-state index in [2.05, 4.69) is 23.1 Å². The molecule has 0 saturated heterocycles. The lowest BCUT2D eigenvalue weighted by molar-refractivity contribution is -0.152. The van der Waals surface area contributed by atoms with Gasteiger partial charge in [0.1, 0.15) is 24.4 Å². The monoisotopic (exact) mass is 848 g/mol. The summed E-state index contributed by atoms with van der Waals surface area (Å²) in [6, 6.07) is 3.42. The second-order valence-electron chi connectivity index (χ2n) is 13.4. The fourth-order valence-electron chi connectivity index (χ4n) is 6.32. The molecule has 4 atom stereocenters. The van der Waals surface area contributed by atoms with E-state index in [0.717, 1.165) is 16.9 Å². The van der Waals surface area contributed by atoms with E-state index in [1.807, 2.05) is 0 Å². The lowest BCUT2D eigenvalue weighted by atomic mass is 9.78. The molecule has 21 nitrogen and oxygen atoms in total. The van der Waals surface area contributed by atoms with E-state index in [1.54, 1.807) is 24.3 Å². The normalized spacial score (nSPS) is 12.8. The predicted molar refractivity (Wildman–Crippen MR) is 208 cm³/mol. The molecule has 0 saturated carbocycles. The van der Waals surface area contributed by atoms with E-state index in [0.29, 0.717) is 11.3 Å². The van der Waals surface area contributed by atoms with Crippen LogP contribution in [0.2, 0.25) is 0 Å². The number of nitrogens with zero attached hydrogens (tertiary/aromatic N) is 2. The van der Waals surface area contributed by atoms with Gasteiger partial charge in [0.05, 0.1) is 33.3 Å². The van der Waals surface area contributed by atoms with Crippen molar-refractivity contribution >= 4 is 53.6 Å². The Balaban J connectivity index is 3.18. The molecule has 0 aliphatic rings. The summed E-state index contributed by atoms with van der Waals surface area (Å²) in [7, 11) is 1.12. The molecule has 1 aromatic rings. The molecule has 3 unspecified atom stereocenters. The number of ether oxygens (including phenoxy) is 2. The molecule has 21 heteroatoms. The second-order valence-corrected chi connectivity index (χ2v) is 13.4. The summed E-state index contributed by atoms with van der Waals surface area (Å²) in [5.74, 6) is -9.93. The summed E-state index contributed by atoms with van der Waals surface area (Å²) in [5.41, 5.74) is 0.303. The van der Waals surface area contributed by atoms with Crippen LogP contribution in [0.5, 0.6) is 5.75 Å². The minimum Gasteiger partial charge on any atom is -0.481 e. The third-order valence-corrected chi connectivity index (χ3v) is 9.04. The maximum absolute atomic E-state index is 13.9. The van der Waals surface area contributed by atoms with Gasteiger partial charge in [0.2, 0.25) is 11.8 Å². The topological polar surface area (TPSA) is 324 Å². The standard InChI is InChI=1S/C39H52N4O17/c1-4-19-60-26-13-11-25(12-14-26)35(24(2)39(58)59-3)27(36(53)41-18-8-6-10-29(38(56)57)43(22-33(49)50)23-34(51)52)15-16-30(44)40-17-7-5-9-28(37(54)55)42(20-31(45)46)21-32(47)48/h1,11-14,27-29,35H,2,5-10,15-23H2,3H3,(H,40,44)(H,41,53)(H,45,46)(H,47,48)(H,49,50)(H,51,52)(H,54,55)(H,56,57)/t27?,28?,29-,35?/m0/s1. The summed E-state index contributed by atoms with van der Waals surface area (Å²) in [6.07, 6.45) is 5.32. The van der Waals surface area contributed by atoms with Crippen molar-refractivity contribution in [3.8, 4) is 18.1 Å². The average molecular weight is 849 g/mol. The van der Waals surface area contributed by atoms with E-state index in [-0.39, 0.29) is 76.6 Å². The van der Waals surface area contributed by atoms with Crippen molar-refractivity contribution in [2.24, 2.45) is 5.92 Å². The number of carbonyl (C=O) groups excluding carboxylic acids is 3. The van der Waals surface area contributed by atoms with Crippen LogP contribution < -0.4 is 15.4 Å². The molecule has 8 N–H and O–H groups in total. The van der Waals surface area contributed by atoms with Crippen molar-refractivity contribution in [3.05, 3.63) is 42.0 Å². The van der Waals surface area contributed by atoms with E-state index < -0.39 is 104 Å². The molecular weight excluding hydrogens is 796 g/mol. The minimum absolute atomic E-state index is 0.0316. The first-order valence-corrected chi connectivity index (χ1v) is 18.6. The van der Waals surface area contributed by atoms with Crippen LogP contribution in [0.1, 0.15) is 62.8 Å². The van der Waals surface area contributed by atoms with E-state index >= 15 is 0 Å². The number of hydrogen-bond donors (Lipinski definition) is 8. The highest BCUT2D eigenvalue weighted by atomic mass is 16.5. The number of unbranched alkanes of at least 4 members (excludes halogenated alkanes) is 2. The quantitative estimate of drug-likeness (QED) is 0.0210. The summed E-state index contributed by atoms with van der Waals surface area (Å²) in [4.78, 5) is 110. The third kappa shape index (κ3) is 19.3. The average Bonchev–Trinajstić information content (AvgIpc) is 3.16. The molecule has 0 aliphatic carbocycles. The van der Waals surface area contributed by atoms with Crippen molar-refractivity contribution in [3.63, 3.8) is 0 Å². The molecule has 0 bridgehead atoms. The summed E-state index contributed by atoms with van der Waals surface area (Å²) in [6.45, 7) is 0.586. The fraction of sp³-hybridized carbons (Fsp3) is 0.513. The second kappa shape index (κ2) is 27.2. The van der Waals surface area contributed by atoms with Crippen molar-refractivity contribution in [2.75, 3.05) is 53.0 Å². The lowest BCUT2D eigenvalue weighted by Crippen LogP contribution is -2.46. The SMILES string of the molecule is C#CCOc1ccc(C(C(=C)C(=O)OC)C(CCC(=O)NCCCCC(C(=O)O)N(CC(=O)O)CC(=O)O)C(=O)NCCCC[C@@H](C(=O)O)N(CC(=O)O)CC(=O)O)cc1. The number of esters is 1. The number of rotatable bonds is 32. The molecule has 0 spiro atoms. The smallest absolute Gasteiger partial charge is 0.333 e. The van der Waals surface area contributed by atoms with Crippen LogP contribution in [0.3, 0.4) is 0 Å². The van der Waals surface area contributed by atoms with Gasteiger partial charge in [-0.15, -0.1) is 6.42 Å². The van der Waals surface area contributed by atoms with Gasteiger partial charge < -0.3 is 50.7 Å². The molecule has 0 radical (unpaired) electrons. The molecule has 0 aromatic heterocycles. The number of benzene rings is 1. The Morgan fingerprint density at radius 3 is 1.55 bits per heavy atom. The highest BCUT2D eigenvalue weighted by Crippen LogP contribution is 2.36. The predicted octanol–water partition coefficient (Wildman–Crippen LogP) is 0.330. The third-order valence-electron chi connectivity index (χ3n) is 9.04. The van der Waals surface area contributed by atoms with Crippen LogP contribution in [0.4, 0.5) is 0 Å². The van der Waals surface area contributed by atoms with Crippen LogP contribution in [0, 0.1) is 18.3 Å². The number of nitrogens with one attached hydrogen (secondary N) is 2. The zero-order valence-corrected chi connectivity index (χ0v) is 33.1. The van der Waals surface area contributed by atoms with E-state index in [9.17, 15) is 53.4 Å². The van der Waals surface area contributed by atoms with Gasteiger partial charge >= 0.3 is 41.8 Å². The first-order valence-electron chi connectivity index (χ1n) is 18.6. The number of carbonyl (C=O) groups is 9. The molecule has 1 aromatic carbocycles. The molecule has 330 valence electrons. The number of methoxy groups -OCH3 is 1. The Bertz CT molecular complexity index is 1690. The van der Waals surface area contributed by atoms with E-state index in [1.165, 1.54) is 0 Å². The Morgan fingerprint density at radius 2 is 1.15 bits per heavy atom. The summed E-state index contributed by atoms with van der Waals surface area (Å²) in [5, 5.41) is 61.2. The molecule has 0 fully saturated rings. The van der Waals surface area contributed by atoms with Gasteiger partial charge in [-0.3, -0.25) is 48.2 Å². The molecular formula is C39H52N4O17. The molecule has 60 heavy (non-hydrogen) atoms. The lowest BCUT2D eigenvalue weighted by Gasteiger charge is -2.28. The van der Waals surface area contributed by atoms with Crippen molar-refractivity contribution < 1.29 is 83.3 Å². The Morgan fingerprint density at radius 1 is 0.700 bits per heavy atom. The minimum atomic E-state index is -1.44. The molecule has 1 rings (SSSR count). The Labute approximate surface area is 345 Å². The maximum Gasteiger partial charge on any atom is 0.333 e. The largest absolute Gasteiger partial charge is 0.481 e. The highest BCUT2D eigenvalue weighted by molar-refractivity contribution is 5.92. The van der Waals surface area contributed by atoms with Gasteiger partial charge in [-0.25, -0.2) is 4.79 Å².